The number of carbonyl (C=O) groups excluding carboxylic acids is 2. The van der Waals surface area contributed by atoms with Gasteiger partial charge in [0.2, 0.25) is 5.91 Å². The maximum Gasteiger partial charge on any atom is 0.254 e. The average molecular weight is 475 g/mol. The summed E-state index contributed by atoms with van der Waals surface area (Å²) in [7, 11) is 1.58. The van der Waals surface area contributed by atoms with Gasteiger partial charge in [0.05, 0.1) is 44.5 Å². The number of hydrogen-bond donors (Lipinski definition) is 2. The van der Waals surface area contributed by atoms with Crippen molar-refractivity contribution in [1.29, 1.82) is 0 Å². The minimum atomic E-state index is -0.816. The molecule has 2 aliphatic heterocycles. The number of nitrogens with one attached hydrogen (secondary N) is 1. The number of rotatable bonds is 6. The van der Waals surface area contributed by atoms with E-state index in [1.165, 1.54) is 0 Å². The Balaban J connectivity index is 1.71. The lowest BCUT2D eigenvalue weighted by Crippen LogP contribution is -2.57. The number of nitrogens with zero attached hydrogens (tertiary/aromatic N) is 1. The highest BCUT2D eigenvalue weighted by Gasteiger charge is 2.40. The van der Waals surface area contributed by atoms with E-state index in [0.29, 0.717) is 41.6 Å². The molecular weight excluding hydrogens is 447 g/mol. The Hall–Kier alpha value is -1.42. The topological polar surface area (TPSA) is 97.3 Å². The van der Waals surface area contributed by atoms with E-state index >= 15 is 0 Å². The van der Waals surface area contributed by atoms with Crippen molar-refractivity contribution in [2.45, 2.75) is 43.6 Å². The van der Waals surface area contributed by atoms with Crippen molar-refractivity contribution in [2.75, 3.05) is 40.0 Å². The standard InChI is InChI=1S/C21H28Cl2N2O6/c1-29-5-4-24-20(27)9-17-2-3-18-19(31-17)12-30-11-16(26)10-25(18)21(28)13-6-14(22)8-15(23)7-13/h6-8,16-19,26H,2-5,9-12H2,1H3,(H,24,27)/t16-,17-,18-,19+/m0/s1. The Kier molecular flexibility index (Phi) is 8.95. The van der Waals surface area contributed by atoms with Crippen molar-refractivity contribution in [3.8, 4) is 0 Å². The third-order valence-electron chi connectivity index (χ3n) is 5.39. The molecule has 0 aromatic heterocycles. The van der Waals surface area contributed by atoms with Gasteiger partial charge in [-0.1, -0.05) is 23.2 Å². The van der Waals surface area contributed by atoms with Gasteiger partial charge in [0, 0.05) is 35.8 Å². The number of amides is 2. The van der Waals surface area contributed by atoms with Crippen molar-refractivity contribution < 1.29 is 28.9 Å². The first-order valence-corrected chi connectivity index (χ1v) is 11.1. The molecule has 172 valence electrons. The summed E-state index contributed by atoms with van der Waals surface area (Å²) < 4.78 is 16.7. The first-order chi connectivity index (χ1) is 14.9. The number of benzene rings is 1. The van der Waals surface area contributed by atoms with Crippen LogP contribution in [0.15, 0.2) is 18.2 Å². The number of ether oxygens (including phenoxy) is 3. The monoisotopic (exact) mass is 474 g/mol. The van der Waals surface area contributed by atoms with E-state index in [0.717, 1.165) is 0 Å². The fraction of sp³-hybridized carbons (Fsp3) is 0.619. The van der Waals surface area contributed by atoms with Crippen molar-refractivity contribution in [3.63, 3.8) is 0 Å². The molecular formula is C21H28Cl2N2O6. The average Bonchev–Trinajstić information content (AvgIpc) is 2.70. The first-order valence-electron chi connectivity index (χ1n) is 10.3. The van der Waals surface area contributed by atoms with Crippen molar-refractivity contribution in [3.05, 3.63) is 33.8 Å². The number of methoxy groups -OCH3 is 1. The van der Waals surface area contributed by atoms with Crippen LogP contribution in [0.4, 0.5) is 0 Å². The first kappa shape index (κ1) is 24.2. The maximum atomic E-state index is 13.3. The molecule has 0 saturated carbocycles. The second-order valence-electron chi connectivity index (χ2n) is 7.80. The van der Waals surface area contributed by atoms with Gasteiger partial charge in [0.15, 0.2) is 0 Å². The van der Waals surface area contributed by atoms with Gasteiger partial charge in [-0.2, -0.15) is 0 Å². The number of aliphatic hydroxyl groups excluding tert-OH is 1. The third kappa shape index (κ3) is 6.78. The minimum Gasteiger partial charge on any atom is -0.389 e. The molecule has 1 aromatic rings. The molecule has 2 fully saturated rings. The van der Waals surface area contributed by atoms with Crippen LogP contribution in [0.2, 0.25) is 10.0 Å². The molecule has 0 aliphatic carbocycles. The van der Waals surface area contributed by atoms with Gasteiger partial charge >= 0.3 is 0 Å². The number of fused-ring (bicyclic) bond motifs is 1. The molecule has 2 amide bonds. The normalized spacial score (nSPS) is 26.5. The van der Waals surface area contributed by atoms with Crippen LogP contribution in [0.3, 0.4) is 0 Å². The van der Waals surface area contributed by atoms with Gasteiger partial charge in [0.25, 0.3) is 5.91 Å². The maximum absolute atomic E-state index is 13.3. The minimum absolute atomic E-state index is 0.0921. The number of aliphatic hydroxyl groups is 1. The second kappa shape index (κ2) is 11.4. The largest absolute Gasteiger partial charge is 0.389 e. The van der Waals surface area contributed by atoms with E-state index in [-0.39, 0.29) is 50.1 Å². The predicted molar refractivity (Wildman–Crippen MR) is 116 cm³/mol. The molecule has 4 atom stereocenters. The number of carbonyl (C=O) groups is 2. The summed E-state index contributed by atoms with van der Waals surface area (Å²) >= 11 is 12.2. The molecule has 31 heavy (non-hydrogen) atoms. The Labute approximate surface area is 191 Å². The summed E-state index contributed by atoms with van der Waals surface area (Å²) in [6.45, 7) is 1.32. The molecule has 0 radical (unpaired) electrons. The molecule has 3 rings (SSSR count). The van der Waals surface area contributed by atoms with Gasteiger partial charge in [-0.3, -0.25) is 9.59 Å². The zero-order valence-electron chi connectivity index (χ0n) is 17.4. The fourth-order valence-corrected chi connectivity index (χ4v) is 4.52. The number of halogens is 2. The molecule has 2 N–H and O–H groups in total. The second-order valence-corrected chi connectivity index (χ2v) is 8.67. The van der Waals surface area contributed by atoms with Crippen LogP contribution in [0.1, 0.15) is 29.6 Å². The Morgan fingerprint density at radius 2 is 1.97 bits per heavy atom. The number of hydrogen-bond acceptors (Lipinski definition) is 6. The van der Waals surface area contributed by atoms with E-state index in [2.05, 4.69) is 5.32 Å². The van der Waals surface area contributed by atoms with E-state index < -0.39 is 12.2 Å². The molecule has 8 nitrogen and oxygen atoms in total. The lowest BCUT2D eigenvalue weighted by molar-refractivity contribution is -0.151. The van der Waals surface area contributed by atoms with Crippen LogP contribution in [0, 0.1) is 0 Å². The van der Waals surface area contributed by atoms with E-state index in [9.17, 15) is 14.7 Å². The van der Waals surface area contributed by atoms with Crippen molar-refractivity contribution in [1.82, 2.24) is 10.2 Å². The van der Waals surface area contributed by atoms with Gasteiger partial charge in [-0.25, -0.2) is 0 Å². The Morgan fingerprint density at radius 3 is 2.68 bits per heavy atom. The van der Waals surface area contributed by atoms with E-state index in [4.69, 9.17) is 37.4 Å². The predicted octanol–water partition coefficient (Wildman–Crippen LogP) is 1.90. The van der Waals surface area contributed by atoms with Crippen LogP contribution >= 0.6 is 23.2 Å². The summed E-state index contributed by atoms with van der Waals surface area (Å²) in [6, 6.07) is 4.38. The smallest absolute Gasteiger partial charge is 0.254 e. The summed E-state index contributed by atoms with van der Waals surface area (Å²) in [5.74, 6) is -0.385. The van der Waals surface area contributed by atoms with E-state index in [1.807, 2.05) is 0 Å². The van der Waals surface area contributed by atoms with Crippen molar-refractivity contribution >= 4 is 35.0 Å². The Morgan fingerprint density at radius 1 is 1.23 bits per heavy atom. The van der Waals surface area contributed by atoms with Crippen LogP contribution in [-0.2, 0) is 19.0 Å². The van der Waals surface area contributed by atoms with Gasteiger partial charge in [-0.05, 0) is 31.0 Å². The quantitative estimate of drug-likeness (QED) is 0.611. The third-order valence-corrected chi connectivity index (χ3v) is 5.83. The SMILES string of the molecule is COCCNC(=O)C[C@@H]1CC[C@H]2[C@@H](COC[C@@H](O)CN2C(=O)c2cc(Cl)cc(Cl)c2)O1. The molecule has 0 spiro atoms. The van der Waals surface area contributed by atoms with Gasteiger partial charge in [0.1, 0.15) is 6.10 Å². The molecule has 2 saturated heterocycles. The zero-order chi connectivity index (χ0) is 22.4. The summed E-state index contributed by atoms with van der Waals surface area (Å²) in [5, 5.41) is 13.8. The molecule has 2 aliphatic rings. The van der Waals surface area contributed by atoms with Crippen LogP contribution in [0.5, 0.6) is 0 Å². The van der Waals surface area contributed by atoms with Gasteiger partial charge < -0.3 is 29.5 Å². The Bertz CT molecular complexity index is 760. The number of β-amino-alcohol motifs (C(OH)–C–C–N with tert-alkyl or cyclic N) is 1. The van der Waals surface area contributed by atoms with Crippen molar-refractivity contribution in [2.24, 2.45) is 0 Å². The van der Waals surface area contributed by atoms with Gasteiger partial charge in [-0.15, -0.1) is 0 Å². The summed E-state index contributed by atoms with van der Waals surface area (Å²) in [6.07, 6.45) is -0.0334. The highest BCUT2D eigenvalue weighted by atomic mass is 35.5. The molecule has 0 bridgehead atoms. The van der Waals surface area contributed by atoms with Crippen LogP contribution in [0.25, 0.3) is 0 Å². The summed E-state index contributed by atoms with van der Waals surface area (Å²) in [4.78, 5) is 27.1. The lowest BCUT2D eigenvalue weighted by atomic mass is 9.94. The van der Waals surface area contributed by atoms with E-state index in [1.54, 1.807) is 30.2 Å². The molecule has 2 heterocycles. The molecule has 1 aromatic carbocycles. The fourth-order valence-electron chi connectivity index (χ4n) is 3.99. The molecule has 10 heteroatoms. The highest BCUT2D eigenvalue weighted by Crippen LogP contribution is 2.29. The highest BCUT2D eigenvalue weighted by molar-refractivity contribution is 6.35. The molecule has 0 unspecified atom stereocenters. The van der Waals surface area contributed by atoms with Crippen LogP contribution < -0.4 is 5.32 Å². The summed E-state index contributed by atoms with van der Waals surface area (Å²) in [5.41, 5.74) is 0.351. The van der Waals surface area contributed by atoms with Crippen LogP contribution in [-0.4, -0.2) is 86.2 Å². The zero-order valence-corrected chi connectivity index (χ0v) is 18.9. The lowest BCUT2D eigenvalue weighted by Gasteiger charge is -2.44.